The van der Waals surface area contributed by atoms with Crippen molar-refractivity contribution in [1.29, 1.82) is 0 Å². The number of rotatable bonds is 9. The maximum Gasteiger partial charge on any atom is 0.296 e. The Morgan fingerprint density at radius 1 is 1.11 bits per heavy atom. The summed E-state index contributed by atoms with van der Waals surface area (Å²) in [5.74, 6) is 0.609. The van der Waals surface area contributed by atoms with Crippen LogP contribution in [0.15, 0.2) is 18.2 Å². The van der Waals surface area contributed by atoms with Crippen molar-refractivity contribution in [3.05, 3.63) is 40.2 Å². The maximum atomic E-state index is 15.1. The number of hydrogen-bond donors (Lipinski definition) is 3. The Labute approximate surface area is 222 Å². The molecule has 1 saturated carbocycles. The minimum atomic E-state index is -0.658. The number of aryl methyl sites for hydroxylation is 1. The molecule has 4 heterocycles. The standard InChI is InChI=1S/C26H28ClFN4O6/c27-15-9-18-25(32-26(30-18)38-20-11-37-22-19(33)10-36-23(20)22)31-24(15)29-17-4-1-12-7-14(8-16(28)21(12)17)35-6-5-34-13-2-3-13/h7-9,13,17,19-20,22-23,33H,1-6,10-11H2,(H2,29,30,31,32)/t17?,19-,20-,22-,23-/m1/s1. The molecule has 2 aromatic heterocycles. The molecular weight excluding hydrogens is 519 g/mol. The quantitative estimate of drug-likeness (QED) is 0.347. The summed E-state index contributed by atoms with van der Waals surface area (Å²) < 4.78 is 43.6. The summed E-state index contributed by atoms with van der Waals surface area (Å²) >= 11 is 6.53. The van der Waals surface area contributed by atoms with Crippen LogP contribution < -0.4 is 14.8 Å². The number of ether oxygens (including phenoxy) is 5. The van der Waals surface area contributed by atoms with Gasteiger partial charge in [-0.25, -0.2) is 9.37 Å². The highest BCUT2D eigenvalue weighted by Gasteiger charge is 2.48. The lowest BCUT2D eigenvalue weighted by molar-refractivity contribution is 0.00706. The third-order valence-electron chi connectivity index (χ3n) is 7.43. The van der Waals surface area contributed by atoms with E-state index >= 15 is 4.39 Å². The topological polar surface area (TPSA) is 120 Å². The van der Waals surface area contributed by atoms with Gasteiger partial charge in [0, 0.05) is 11.6 Å². The average Bonchev–Trinajstić information content (AvgIpc) is 3.16. The summed E-state index contributed by atoms with van der Waals surface area (Å²) in [4.78, 5) is 12.1. The minimum Gasteiger partial charge on any atom is -0.491 e. The number of aliphatic hydroxyl groups excluding tert-OH is 1. The van der Waals surface area contributed by atoms with Gasteiger partial charge in [0.2, 0.25) is 0 Å². The van der Waals surface area contributed by atoms with E-state index in [0.29, 0.717) is 65.5 Å². The van der Waals surface area contributed by atoms with Gasteiger partial charge >= 0.3 is 0 Å². The van der Waals surface area contributed by atoms with Crippen molar-refractivity contribution in [2.45, 2.75) is 62.2 Å². The average molecular weight is 547 g/mol. The second-order valence-corrected chi connectivity index (χ2v) is 10.6. The summed E-state index contributed by atoms with van der Waals surface area (Å²) in [6.07, 6.45) is 2.19. The van der Waals surface area contributed by atoms with Gasteiger partial charge < -0.3 is 39.1 Å². The Bertz CT molecular complexity index is 1350. The molecule has 0 amide bonds. The van der Waals surface area contributed by atoms with Crippen LogP contribution in [0.25, 0.3) is 11.2 Å². The predicted octanol–water partition coefficient (Wildman–Crippen LogP) is 3.31. The molecule has 3 fully saturated rings. The predicted molar refractivity (Wildman–Crippen MR) is 134 cm³/mol. The molecule has 202 valence electrons. The third kappa shape index (κ3) is 4.66. The summed E-state index contributed by atoms with van der Waals surface area (Å²) in [6, 6.07) is 5.01. The maximum absolute atomic E-state index is 15.1. The van der Waals surface area contributed by atoms with Crippen LogP contribution in [0, 0.1) is 5.82 Å². The molecule has 5 atom stereocenters. The van der Waals surface area contributed by atoms with E-state index in [1.54, 1.807) is 6.07 Å². The molecule has 3 N–H and O–H groups in total. The molecule has 7 rings (SSSR count). The van der Waals surface area contributed by atoms with E-state index in [0.717, 1.165) is 18.4 Å². The normalized spacial score (nSPS) is 28.0. The van der Waals surface area contributed by atoms with Crippen molar-refractivity contribution >= 4 is 28.6 Å². The van der Waals surface area contributed by atoms with E-state index in [9.17, 15) is 5.11 Å². The molecule has 1 unspecified atom stereocenters. The second kappa shape index (κ2) is 9.80. The van der Waals surface area contributed by atoms with E-state index < -0.39 is 18.3 Å². The number of nitrogens with one attached hydrogen (secondary N) is 2. The zero-order valence-corrected chi connectivity index (χ0v) is 21.2. The summed E-state index contributed by atoms with van der Waals surface area (Å²) in [6.45, 7) is 1.41. The van der Waals surface area contributed by atoms with Crippen LogP contribution in [-0.4, -0.2) is 77.0 Å². The number of pyridine rings is 1. The first-order valence-corrected chi connectivity index (χ1v) is 13.4. The van der Waals surface area contributed by atoms with Crippen LogP contribution >= 0.6 is 11.6 Å². The minimum absolute atomic E-state index is 0.218. The Hall–Kier alpha value is -2.70. The Balaban J connectivity index is 1.04. The molecule has 2 saturated heterocycles. The van der Waals surface area contributed by atoms with E-state index in [2.05, 4.69) is 20.3 Å². The monoisotopic (exact) mass is 546 g/mol. The molecule has 0 radical (unpaired) electrons. The SMILES string of the molecule is O[C@@H]1CO[C@H]2[C@@H]1OC[C@H]2Oc1nc2nc(NC3CCc4cc(OCCOC5CC5)cc(F)c43)c(Cl)cc2[nH]1. The molecule has 0 spiro atoms. The fraction of sp³-hybridized carbons (Fsp3) is 0.538. The first-order chi connectivity index (χ1) is 18.5. The van der Waals surface area contributed by atoms with E-state index in [1.807, 2.05) is 6.07 Å². The number of benzene rings is 1. The van der Waals surface area contributed by atoms with Gasteiger partial charge in [-0.1, -0.05) is 11.6 Å². The van der Waals surface area contributed by atoms with Crippen LogP contribution in [0.1, 0.15) is 36.4 Å². The van der Waals surface area contributed by atoms with Crippen LogP contribution in [-0.2, 0) is 20.6 Å². The van der Waals surface area contributed by atoms with E-state index in [1.165, 1.54) is 6.07 Å². The number of hydrogen-bond acceptors (Lipinski definition) is 9. The number of H-pyrrole nitrogens is 1. The lowest BCUT2D eigenvalue weighted by atomic mass is 10.1. The van der Waals surface area contributed by atoms with Crippen LogP contribution in [0.5, 0.6) is 11.8 Å². The van der Waals surface area contributed by atoms with Gasteiger partial charge in [-0.05, 0) is 43.4 Å². The highest BCUT2D eigenvalue weighted by atomic mass is 35.5. The Kier molecular flexibility index (Phi) is 6.28. The van der Waals surface area contributed by atoms with Crippen molar-refractivity contribution < 1.29 is 33.2 Å². The summed E-state index contributed by atoms with van der Waals surface area (Å²) in [5, 5.41) is 13.6. The largest absolute Gasteiger partial charge is 0.491 e. The van der Waals surface area contributed by atoms with Gasteiger partial charge in [-0.3, -0.25) is 0 Å². The fourth-order valence-electron chi connectivity index (χ4n) is 5.43. The molecule has 3 aromatic rings. The molecule has 4 aliphatic rings. The van der Waals surface area contributed by atoms with E-state index in [4.69, 9.17) is 35.3 Å². The molecule has 2 aliphatic heterocycles. The fourth-order valence-corrected chi connectivity index (χ4v) is 5.64. The summed E-state index contributed by atoms with van der Waals surface area (Å²) in [7, 11) is 0. The number of aromatic nitrogens is 3. The van der Waals surface area contributed by atoms with Gasteiger partial charge in [0.05, 0.1) is 42.5 Å². The van der Waals surface area contributed by atoms with Crippen molar-refractivity contribution in [3.63, 3.8) is 0 Å². The lowest BCUT2D eigenvalue weighted by Gasteiger charge is -2.17. The number of aromatic amines is 1. The van der Waals surface area contributed by atoms with Gasteiger partial charge in [-0.2, -0.15) is 4.98 Å². The molecule has 12 heteroatoms. The zero-order chi connectivity index (χ0) is 25.8. The van der Waals surface area contributed by atoms with Crippen LogP contribution in [0.2, 0.25) is 5.02 Å². The molecule has 1 aromatic carbocycles. The van der Waals surface area contributed by atoms with Gasteiger partial charge in [0.15, 0.2) is 11.8 Å². The Morgan fingerprint density at radius 2 is 1.97 bits per heavy atom. The molecule has 10 nitrogen and oxygen atoms in total. The van der Waals surface area contributed by atoms with Gasteiger partial charge in [0.25, 0.3) is 6.01 Å². The molecular formula is C26H28ClFN4O6. The van der Waals surface area contributed by atoms with Crippen LogP contribution in [0.4, 0.5) is 10.2 Å². The van der Waals surface area contributed by atoms with Crippen molar-refractivity contribution in [1.82, 2.24) is 15.0 Å². The number of anilines is 1. The number of nitrogens with zero attached hydrogens (tertiary/aromatic N) is 2. The Morgan fingerprint density at radius 3 is 2.84 bits per heavy atom. The van der Waals surface area contributed by atoms with Crippen molar-refractivity contribution in [2.24, 2.45) is 0 Å². The second-order valence-electron chi connectivity index (χ2n) is 10.2. The molecule has 2 aliphatic carbocycles. The van der Waals surface area contributed by atoms with Gasteiger partial charge in [-0.15, -0.1) is 0 Å². The number of fused-ring (bicyclic) bond motifs is 3. The van der Waals surface area contributed by atoms with E-state index in [-0.39, 0.29) is 37.2 Å². The zero-order valence-electron chi connectivity index (χ0n) is 20.5. The highest BCUT2D eigenvalue weighted by molar-refractivity contribution is 6.33. The highest BCUT2D eigenvalue weighted by Crippen LogP contribution is 2.39. The number of halogens is 2. The molecule has 0 bridgehead atoms. The molecule has 38 heavy (non-hydrogen) atoms. The van der Waals surface area contributed by atoms with Crippen LogP contribution in [0.3, 0.4) is 0 Å². The van der Waals surface area contributed by atoms with Crippen molar-refractivity contribution in [2.75, 3.05) is 31.7 Å². The van der Waals surface area contributed by atoms with Gasteiger partial charge in [0.1, 0.15) is 42.3 Å². The first kappa shape index (κ1) is 24.3. The summed E-state index contributed by atoms with van der Waals surface area (Å²) in [5.41, 5.74) is 2.52. The third-order valence-corrected chi connectivity index (χ3v) is 7.72. The smallest absolute Gasteiger partial charge is 0.296 e. The number of aliphatic hydroxyl groups is 1. The number of imidazole rings is 1. The first-order valence-electron chi connectivity index (χ1n) is 13.0. The van der Waals surface area contributed by atoms with Crippen molar-refractivity contribution in [3.8, 4) is 11.8 Å². The lowest BCUT2D eigenvalue weighted by Crippen LogP contribution is -2.34.